The Morgan fingerprint density at radius 1 is 1.18 bits per heavy atom. The number of esters is 2. The van der Waals surface area contributed by atoms with E-state index in [1.807, 2.05) is 62.4 Å². The van der Waals surface area contributed by atoms with Gasteiger partial charge in [-0.3, -0.25) is 0 Å². The van der Waals surface area contributed by atoms with Crippen molar-refractivity contribution in [2.75, 3.05) is 6.61 Å². The molecule has 4 rings (SSSR count). The number of carbonyl (C=O) groups is 2. The molecule has 3 aromatic rings. The van der Waals surface area contributed by atoms with E-state index >= 15 is 0 Å². The lowest BCUT2D eigenvalue weighted by molar-refractivity contribution is -0.145. The van der Waals surface area contributed by atoms with Crippen LogP contribution in [-0.2, 0) is 14.3 Å². The van der Waals surface area contributed by atoms with Crippen LogP contribution in [-0.4, -0.2) is 34.4 Å². The number of nitrogens with zero attached hydrogens (tertiary/aromatic N) is 2. The number of hydrogen-bond donors (Lipinski definition) is 0. The topological polar surface area (TPSA) is 70.4 Å². The molecule has 1 aromatic heterocycles. The van der Waals surface area contributed by atoms with E-state index in [2.05, 4.69) is 5.10 Å². The summed E-state index contributed by atoms with van der Waals surface area (Å²) in [4.78, 5) is 24.6. The molecule has 2 aromatic carbocycles. The fourth-order valence-corrected chi connectivity index (χ4v) is 3.29. The first-order chi connectivity index (χ1) is 13.5. The highest BCUT2D eigenvalue weighted by molar-refractivity contribution is 5.97. The number of rotatable bonds is 4. The van der Waals surface area contributed by atoms with Crippen LogP contribution >= 0.6 is 0 Å². The van der Waals surface area contributed by atoms with Crippen LogP contribution in [0.5, 0.6) is 0 Å². The van der Waals surface area contributed by atoms with Crippen LogP contribution in [0, 0.1) is 13.8 Å². The van der Waals surface area contributed by atoms with Crippen LogP contribution < -0.4 is 0 Å². The molecule has 1 atom stereocenters. The number of ether oxygens (including phenoxy) is 2. The van der Waals surface area contributed by atoms with Crippen molar-refractivity contribution in [1.29, 1.82) is 0 Å². The van der Waals surface area contributed by atoms with E-state index in [-0.39, 0.29) is 6.61 Å². The molecule has 6 nitrogen and oxygen atoms in total. The SMILES string of the molecule is Cc1ccc(-c2nn(-c3ccccc3)cc2C(=O)O[C@H]2CCOC2=O)c(C)c1. The monoisotopic (exact) mass is 376 g/mol. The minimum atomic E-state index is -0.862. The summed E-state index contributed by atoms with van der Waals surface area (Å²) in [5.74, 6) is -1.09. The molecule has 1 saturated heterocycles. The van der Waals surface area contributed by atoms with Gasteiger partial charge in [0.05, 0.1) is 12.3 Å². The van der Waals surface area contributed by atoms with Crippen molar-refractivity contribution in [1.82, 2.24) is 9.78 Å². The van der Waals surface area contributed by atoms with Gasteiger partial charge in [0, 0.05) is 18.2 Å². The summed E-state index contributed by atoms with van der Waals surface area (Å²) in [6, 6.07) is 15.5. The second-order valence-electron chi connectivity index (χ2n) is 6.84. The molecule has 0 saturated carbocycles. The third-order valence-corrected chi connectivity index (χ3v) is 4.73. The highest BCUT2D eigenvalue weighted by Gasteiger charge is 2.32. The van der Waals surface area contributed by atoms with Gasteiger partial charge in [-0.25, -0.2) is 14.3 Å². The second kappa shape index (κ2) is 7.31. The molecule has 0 N–H and O–H groups in total. The zero-order valence-corrected chi connectivity index (χ0v) is 15.7. The second-order valence-corrected chi connectivity index (χ2v) is 6.84. The minimum Gasteiger partial charge on any atom is -0.463 e. The summed E-state index contributed by atoms with van der Waals surface area (Å²) in [6.45, 7) is 4.26. The summed E-state index contributed by atoms with van der Waals surface area (Å²) >= 11 is 0. The normalized spacial score (nSPS) is 16.1. The third-order valence-electron chi connectivity index (χ3n) is 4.73. The standard InChI is InChI=1S/C22H20N2O4/c1-14-8-9-17(15(2)12-14)20-18(21(25)28-19-10-11-27-22(19)26)13-24(23-20)16-6-4-3-5-7-16/h3-9,12-13,19H,10-11H2,1-2H3/t19-/m0/s1. The molecule has 28 heavy (non-hydrogen) atoms. The Morgan fingerprint density at radius 3 is 2.64 bits per heavy atom. The lowest BCUT2D eigenvalue weighted by Gasteiger charge is -2.09. The average molecular weight is 376 g/mol. The van der Waals surface area contributed by atoms with E-state index in [0.717, 1.165) is 22.4 Å². The smallest absolute Gasteiger partial charge is 0.347 e. The minimum absolute atomic E-state index is 0.268. The fourth-order valence-electron chi connectivity index (χ4n) is 3.29. The third kappa shape index (κ3) is 3.41. The number of hydrogen-bond acceptors (Lipinski definition) is 5. The predicted octanol–water partition coefficient (Wildman–Crippen LogP) is 3.63. The summed E-state index contributed by atoms with van der Waals surface area (Å²) in [5, 5.41) is 4.66. The Labute approximate surface area is 162 Å². The molecule has 0 unspecified atom stereocenters. The van der Waals surface area contributed by atoms with Gasteiger partial charge in [-0.05, 0) is 31.5 Å². The van der Waals surface area contributed by atoms with Crippen LogP contribution in [0.4, 0.5) is 0 Å². The number of benzene rings is 2. The van der Waals surface area contributed by atoms with Crippen LogP contribution in [0.3, 0.4) is 0 Å². The number of aryl methyl sites for hydroxylation is 2. The van der Waals surface area contributed by atoms with E-state index in [1.165, 1.54) is 0 Å². The first kappa shape index (κ1) is 18.0. The molecule has 2 heterocycles. The number of aromatic nitrogens is 2. The van der Waals surface area contributed by atoms with E-state index < -0.39 is 18.0 Å². The summed E-state index contributed by atoms with van der Waals surface area (Å²) in [5.41, 5.74) is 4.65. The van der Waals surface area contributed by atoms with Crippen molar-refractivity contribution in [2.45, 2.75) is 26.4 Å². The van der Waals surface area contributed by atoms with Crippen LogP contribution in [0.2, 0.25) is 0 Å². The quantitative estimate of drug-likeness (QED) is 0.651. The molecule has 1 aliphatic heterocycles. The summed E-state index contributed by atoms with van der Waals surface area (Å²) in [7, 11) is 0. The maximum atomic E-state index is 12.9. The molecule has 0 amide bonds. The Hall–Kier alpha value is -3.41. The number of para-hydroxylation sites is 1. The molecule has 1 fully saturated rings. The molecule has 6 heteroatoms. The predicted molar refractivity (Wildman–Crippen MR) is 103 cm³/mol. The first-order valence-electron chi connectivity index (χ1n) is 9.13. The van der Waals surface area contributed by atoms with Gasteiger partial charge in [0.25, 0.3) is 0 Å². The van der Waals surface area contributed by atoms with Crippen LogP contribution in [0.25, 0.3) is 16.9 Å². The van der Waals surface area contributed by atoms with Gasteiger partial charge < -0.3 is 9.47 Å². The molecular weight excluding hydrogens is 356 g/mol. The van der Waals surface area contributed by atoms with Crippen molar-refractivity contribution in [3.63, 3.8) is 0 Å². The number of cyclic esters (lactones) is 1. The van der Waals surface area contributed by atoms with Gasteiger partial charge in [-0.1, -0.05) is 42.0 Å². The lowest BCUT2D eigenvalue weighted by atomic mass is 10.0. The zero-order valence-electron chi connectivity index (χ0n) is 15.7. The molecular formula is C22H20N2O4. The van der Waals surface area contributed by atoms with E-state index in [1.54, 1.807) is 10.9 Å². The van der Waals surface area contributed by atoms with E-state index in [9.17, 15) is 9.59 Å². The molecule has 142 valence electrons. The molecule has 0 aliphatic carbocycles. The highest BCUT2D eigenvalue weighted by Crippen LogP contribution is 2.28. The molecule has 0 spiro atoms. The molecule has 0 bridgehead atoms. The van der Waals surface area contributed by atoms with E-state index in [0.29, 0.717) is 17.7 Å². The van der Waals surface area contributed by atoms with Crippen molar-refractivity contribution in [3.05, 3.63) is 71.4 Å². The summed E-state index contributed by atoms with van der Waals surface area (Å²) in [6.07, 6.45) is 1.16. The van der Waals surface area contributed by atoms with Gasteiger partial charge in [0.2, 0.25) is 6.10 Å². The average Bonchev–Trinajstić information content (AvgIpc) is 3.29. The summed E-state index contributed by atoms with van der Waals surface area (Å²) < 4.78 is 12.0. The Balaban J connectivity index is 1.77. The molecule has 1 aliphatic rings. The zero-order chi connectivity index (χ0) is 19.7. The van der Waals surface area contributed by atoms with Gasteiger partial charge in [-0.2, -0.15) is 5.10 Å². The van der Waals surface area contributed by atoms with Crippen molar-refractivity contribution >= 4 is 11.9 Å². The maximum absolute atomic E-state index is 12.9. The van der Waals surface area contributed by atoms with Gasteiger partial charge in [0.1, 0.15) is 11.3 Å². The number of carbonyl (C=O) groups excluding carboxylic acids is 2. The van der Waals surface area contributed by atoms with E-state index in [4.69, 9.17) is 9.47 Å². The van der Waals surface area contributed by atoms with Crippen LogP contribution in [0.1, 0.15) is 27.9 Å². The maximum Gasteiger partial charge on any atom is 0.347 e. The fraction of sp³-hybridized carbons (Fsp3) is 0.227. The first-order valence-corrected chi connectivity index (χ1v) is 9.13. The Bertz CT molecular complexity index is 1040. The van der Waals surface area contributed by atoms with Crippen molar-refractivity contribution in [3.8, 4) is 16.9 Å². The van der Waals surface area contributed by atoms with Crippen LogP contribution in [0.15, 0.2) is 54.7 Å². The highest BCUT2D eigenvalue weighted by atomic mass is 16.6. The Kier molecular flexibility index (Phi) is 4.69. The molecule has 0 radical (unpaired) electrons. The Morgan fingerprint density at radius 2 is 1.96 bits per heavy atom. The van der Waals surface area contributed by atoms with Crippen molar-refractivity contribution < 1.29 is 19.1 Å². The van der Waals surface area contributed by atoms with Gasteiger partial charge in [-0.15, -0.1) is 0 Å². The lowest BCUT2D eigenvalue weighted by Crippen LogP contribution is -2.22. The van der Waals surface area contributed by atoms with Crippen molar-refractivity contribution in [2.24, 2.45) is 0 Å². The van der Waals surface area contributed by atoms with Gasteiger partial charge in [0.15, 0.2) is 0 Å². The van der Waals surface area contributed by atoms with Gasteiger partial charge >= 0.3 is 11.9 Å². The largest absolute Gasteiger partial charge is 0.463 e.